The summed E-state index contributed by atoms with van der Waals surface area (Å²) in [6.07, 6.45) is 1.40. The van der Waals surface area contributed by atoms with Crippen molar-refractivity contribution in [1.29, 1.82) is 0 Å². The number of carbonyl (C=O) groups is 1. The fraction of sp³-hybridized carbons (Fsp3) is 0.0909. The molecule has 1 aromatic carbocycles. The second-order valence-electron chi connectivity index (χ2n) is 3.70. The molecule has 0 aliphatic heterocycles. The van der Waals surface area contributed by atoms with Gasteiger partial charge in [0, 0.05) is 7.05 Å². The van der Waals surface area contributed by atoms with E-state index in [2.05, 4.69) is 10.4 Å². The van der Waals surface area contributed by atoms with Crippen molar-refractivity contribution in [2.75, 3.05) is 11.1 Å². The Morgan fingerprint density at radius 1 is 1.44 bits per heavy atom. The molecular weight excluding hydrogens is 236 g/mol. The highest BCUT2D eigenvalue weighted by molar-refractivity contribution is 6.07. The molecule has 1 aromatic heterocycles. The van der Waals surface area contributed by atoms with Crippen LogP contribution in [0.5, 0.6) is 11.5 Å². The summed E-state index contributed by atoms with van der Waals surface area (Å²) in [7, 11) is 1.62. The molecule has 94 valence electrons. The lowest BCUT2D eigenvalue weighted by Gasteiger charge is -2.08. The van der Waals surface area contributed by atoms with E-state index in [1.807, 2.05) is 0 Å². The van der Waals surface area contributed by atoms with Crippen molar-refractivity contribution in [1.82, 2.24) is 9.78 Å². The van der Waals surface area contributed by atoms with Gasteiger partial charge in [-0.15, -0.1) is 0 Å². The number of anilines is 2. The highest BCUT2D eigenvalue weighted by Gasteiger charge is 2.16. The molecule has 0 aliphatic carbocycles. The zero-order valence-electron chi connectivity index (χ0n) is 9.58. The normalized spacial score (nSPS) is 10.3. The Hall–Kier alpha value is -2.70. The lowest BCUT2D eigenvalue weighted by Crippen LogP contribution is -2.15. The number of nitrogens with zero attached hydrogens (tertiary/aromatic N) is 2. The van der Waals surface area contributed by atoms with Gasteiger partial charge < -0.3 is 21.3 Å². The molecule has 0 unspecified atom stereocenters. The van der Waals surface area contributed by atoms with E-state index in [1.165, 1.54) is 29.1 Å². The van der Waals surface area contributed by atoms with Crippen LogP contribution in [0.3, 0.4) is 0 Å². The molecule has 0 spiro atoms. The number of nitrogen functional groups attached to an aromatic ring is 1. The lowest BCUT2D eigenvalue weighted by molar-refractivity contribution is 0.102. The van der Waals surface area contributed by atoms with Crippen LogP contribution < -0.4 is 11.1 Å². The number of aromatic nitrogens is 2. The number of aromatic hydroxyl groups is 2. The second-order valence-corrected chi connectivity index (χ2v) is 3.70. The van der Waals surface area contributed by atoms with E-state index in [-0.39, 0.29) is 11.3 Å². The molecule has 2 aromatic rings. The van der Waals surface area contributed by atoms with E-state index < -0.39 is 11.7 Å². The predicted octanol–water partition coefficient (Wildman–Crippen LogP) is 0.666. The van der Waals surface area contributed by atoms with Gasteiger partial charge in [0.25, 0.3) is 5.91 Å². The molecule has 7 nitrogen and oxygen atoms in total. The fourth-order valence-corrected chi connectivity index (χ4v) is 1.50. The highest BCUT2D eigenvalue weighted by atomic mass is 16.3. The van der Waals surface area contributed by atoms with Gasteiger partial charge in [-0.25, -0.2) is 0 Å². The van der Waals surface area contributed by atoms with Gasteiger partial charge in [0.15, 0.2) is 17.3 Å². The van der Waals surface area contributed by atoms with E-state index >= 15 is 0 Å². The zero-order valence-corrected chi connectivity index (χ0v) is 9.58. The van der Waals surface area contributed by atoms with E-state index in [0.717, 1.165) is 0 Å². The minimum Gasteiger partial charge on any atom is -0.504 e. The summed E-state index contributed by atoms with van der Waals surface area (Å²) in [5.74, 6) is -1.10. The molecule has 0 saturated heterocycles. The van der Waals surface area contributed by atoms with Crippen LogP contribution in [-0.4, -0.2) is 25.9 Å². The Morgan fingerprint density at radius 3 is 2.78 bits per heavy atom. The van der Waals surface area contributed by atoms with Crippen LogP contribution in [0, 0.1) is 0 Å². The predicted molar refractivity (Wildman–Crippen MR) is 65.3 cm³/mol. The number of nitrogens with two attached hydrogens (primary N) is 1. The number of para-hydroxylation sites is 1. The highest BCUT2D eigenvalue weighted by Crippen LogP contribution is 2.29. The maximum absolute atomic E-state index is 11.9. The molecule has 5 N–H and O–H groups in total. The van der Waals surface area contributed by atoms with E-state index in [0.29, 0.717) is 11.5 Å². The molecular formula is C11H12N4O3. The number of hydrogen-bond acceptors (Lipinski definition) is 5. The van der Waals surface area contributed by atoms with E-state index in [9.17, 15) is 15.0 Å². The fourth-order valence-electron chi connectivity index (χ4n) is 1.50. The Balaban J connectivity index is 2.31. The number of phenolic OH excluding ortho intramolecular Hbond substituents is 2. The smallest absolute Gasteiger partial charge is 0.260 e. The first-order valence-electron chi connectivity index (χ1n) is 5.10. The summed E-state index contributed by atoms with van der Waals surface area (Å²) in [6, 6.07) is 4.12. The van der Waals surface area contributed by atoms with Crippen LogP contribution in [0.4, 0.5) is 11.5 Å². The molecule has 0 bridgehead atoms. The van der Waals surface area contributed by atoms with Crippen molar-refractivity contribution in [3.63, 3.8) is 0 Å². The first kappa shape index (κ1) is 11.8. The largest absolute Gasteiger partial charge is 0.504 e. The molecule has 1 amide bonds. The van der Waals surface area contributed by atoms with E-state index in [1.54, 1.807) is 7.05 Å². The van der Waals surface area contributed by atoms with Gasteiger partial charge in [0.05, 0.1) is 17.4 Å². The van der Waals surface area contributed by atoms with Crippen molar-refractivity contribution >= 4 is 17.4 Å². The first-order chi connectivity index (χ1) is 8.50. The van der Waals surface area contributed by atoms with Crippen molar-refractivity contribution in [2.45, 2.75) is 0 Å². The van der Waals surface area contributed by atoms with Gasteiger partial charge in [-0.05, 0) is 12.1 Å². The quantitative estimate of drug-likeness (QED) is 0.583. The maximum Gasteiger partial charge on any atom is 0.260 e. The number of phenols is 2. The summed E-state index contributed by atoms with van der Waals surface area (Å²) in [6.45, 7) is 0. The molecule has 0 radical (unpaired) electrons. The van der Waals surface area contributed by atoms with Gasteiger partial charge >= 0.3 is 0 Å². The topological polar surface area (TPSA) is 113 Å². The lowest BCUT2D eigenvalue weighted by atomic mass is 10.1. The summed E-state index contributed by atoms with van der Waals surface area (Å²) in [5.41, 5.74) is 5.89. The number of hydrogen-bond donors (Lipinski definition) is 4. The number of benzene rings is 1. The number of aryl methyl sites for hydroxylation is 1. The number of carbonyl (C=O) groups excluding carboxylic acids is 1. The monoisotopic (exact) mass is 248 g/mol. The minimum atomic E-state index is -0.585. The second kappa shape index (κ2) is 4.28. The Bertz CT molecular complexity index is 587. The number of rotatable bonds is 2. The third kappa shape index (κ3) is 1.93. The van der Waals surface area contributed by atoms with Crippen molar-refractivity contribution in [3.05, 3.63) is 30.0 Å². The van der Waals surface area contributed by atoms with Crippen LogP contribution in [-0.2, 0) is 7.05 Å². The molecule has 0 fully saturated rings. The van der Waals surface area contributed by atoms with Crippen LogP contribution >= 0.6 is 0 Å². The molecule has 7 heteroatoms. The average molecular weight is 248 g/mol. The van der Waals surface area contributed by atoms with Crippen molar-refractivity contribution in [2.24, 2.45) is 7.05 Å². The van der Waals surface area contributed by atoms with Gasteiger partial charge in [0.2, 0.25) is 0 Å². The SMILES string of the molecule is Cn1ncc(N)c1NC(=O)c1cccc(O)c1O. The molecule has 1 heterocycles. The Morgan fingerprint density at radius 2 is 2.17 bits per heavy atom. The number of nitrogens with one attached hydrogen (secondary N) is 1. The average Bonchev–Trinajstić information content (AvgIpc) is 2.64. The molecule has 0 atom stereocenters. The Kier molecular flexibility index (Phi) is 2.80. The maximum atomic E-state index is 11.9. The van der Waals surface area contributed by atoms with Gasteiger partial charge in [-0.1, -0.05) is 6.07 Å². The molecule has 18 heavy (non-hydrogen) atoms. The Labute approximate surface area is 102 Å². The first-order valence-corrected chi connectivity index (χ1v) is 5.10. The van der Waals surface area contributed by atoms with E-state index in [4.69, 9.17) is 5.73 Å². The molecule has 2 rings (SSSR count). The van der Waals surface area contributed by atoms with Gasteiger partial charge in [-0.3, -0.25) is 9.48 Å². The standard InChI is InChI=1S/C11H12N4O3/c1-15-10(7(12)5-13-15)14-11(18)6-3-2-4-8(16)9(6)17/h2-5,16-17H,12H2,1H3,(H,14,18). The van der Waals surface area contributed by atoms with Crippen LogP contribution in [0.25, 0.3) is 0 Å². The summed E-state index contributed by atoms with van der Waals surface area (Å²) >= 11 is 0. The number of amides is 1. The van der Waals surface area contributed by atoms with Crippen molar-refractivity contribution in [3.8, 4) is 11.5 Å². The van der Waals surface area contributed by atoms with Gasteiger partial charge in [0.1, 0.15) is 0 Å². The molecule has 0 aliphatic rings. The van der Waals surface area contributed by atoms with Crippen LogP contribution in [0.2, 0.25) is 0 Å². The summed E-state index contributed by atoms with van der Waals surface area (Å²) < 4.78 is 1.40. The summed E-state index contributed by atoms with van der Waals surface area (Å²) in [5, 5.41) is 25.3. The van der Waals surface area contributed by atoms with Crippen LogP contribution in [0.1, 0.15) is 10.4 Å². The molecule has 0 saturated carbocycles. The third-order valence-corrected chi connectivity index (χ3v) is 2.46. The van der Waals surface area contributed by atoms with Crippen molar-refractivity contribution < 1.29 is 15.0 Å². The third-order valence-electron chi connectivity index (χ3n) is 2.46. The van der Waals surface area contributed by atoms with Gasteiger partial charge in [-0.2, -0.15) is 5.10 Å². The van der Waals surface area contributed by atoms with Crippen LogP contribution in [0.15, 0.2) is 24.4 Å². The zero-order chi connectivity index (χ0) is 13.3. The summed E-state index contributed by atoms with van der Waals surface area (Å²) in [4.78, 5) is 11.9. The minimum absolute atomic E-state index is 0.0457.